The van der Waals surface area contributed by atoms with Gasteiger partial charge in [-0.25, -0.2) is 4.79 Å². The van der Waals surface area contributed by atoms with E-state index < -0.39 is 0 Å². The van der Waals surface area contributed by atoms with E-state index >= 15 is 0 Å². The third-order valence-electron chi connectivity index (χ3n) is 4.78. The first-order chi connectivity index (χ1) is 14.9. The van der Waals surface area contributed by atoms with Crippen LogP contribution in [0.4, 0.5) is 0 Å². The molecule has 0 bridgehead atoms. The minimum Gasteiger partial charge on any atom is -0.475 e. The SMILES string of the molecule is C#Cc1cccc(/C(C)=N/N=C(\CC)OCc2c(C)cccc2-n2nnn(C)c2=O)c1. The average molecular weight is 416 g/mol. The largest absolute Gasteiger partial charge is 0.475 e. The summed E-state index contributed by atoms with van der Waals surface area (Å²) in [5, 5.41) is 16.3. The van der Waals surface area contributed by atoms with Gasteiger partial charge >= 0.3 is 5.69 Å². The molecule has 31 heavy (non-hydrogen) atoms. The topological polar surface area (TPSA) is 86.7 Å². The highest BCUT2D eigenvalue weighted by atomic mass is 16.5. The number of terminal acetylenes is 1. The number of tetrazole rings is 1. The normalized spacial score (nSPS) is 12.0. The maximum absolute atomic E-state index is 12.3. The first-order valence-corrected chi connectivity index (χ1v) is 9.83. The highest BCUT2D eigenvalue weighted by Gasteiger charge is 2.14. The van der Waals surface area contributed by atoms with E-state index in [9.17, 15) is 4.79 Å². The molecule has 0 aliphatic heterocycles. The van der Waals surface area contributed by atoms with Crippen molar-refractivity contribution in [3.05, 3.63) is 75.2 Å². The predicted molar refractivity (Wildman–Crippen MR) is 120 cm³/mol. The van der Waals surface area contributed by atoms with E-state index in [2.05, 4.69) is 26.6 Å². The number of rotatable bonds is 6. The number of aromatic nitrogens is 4. The van der Waals surface area contributed by atoms with Gasteiger partial charge in [-0.05, 0) is 53.6 Å². The molecule has 1 aromatic heterocycles. The number of hydrogen-bond acceptors (Lipinski definition) is 6. The minimum atomic E-state index is -0.328. The summed E-state index contributed by atoms with van der Waals surface area (Å²) in [6, 6.07) is 13.2. The van der Waals surface area contributed by atoms with Crippen LogP contribution < -0.4 is 5.69 Å². The summed E-state index contributed by atoms with van der Waals surface area (Å²) in [4.78, 5) is 12.3. The molecule has 2 aromatic carbocycles. The van der Waals surface area contributed by atoms with Crippen LogP contribution in [0.1, 0.15) is 42.5 Å². The first-order valence-electron chi connectivity index (χ1n) is 9.83. The zero-order valence-corrected chi connectivity index (χ0v) is 18.0. The van der Waals surface area contributed by atoms with Crippen LogP contribution in [0, 0.1) is 19.3 Å². The molecule has 0 unspecified atom stereocenters. The quantitative estimate of drug-likeness (QED) is 0.268. The Morgan fingerprint density at radius 1 is 1.19 bits per heavy atom. The van der Waals surface area contributed by atoms with Gasteiger partial charge in [-0.3, -0.25) is 0 Å². The molecule has 1 heterocycles. The van der Waals surface area contributed by atoms with Crippen LogP contribution in [0.3, 0.4) is 0 Å². The van der Waals surface area contributed by atoms with Crippen molar-refractivity contribution in [3.8, 4) is 18.0 Å². The van der Waals surface area contributed by atoms with E-state index in [1.807, 2.05) is 63.2 Å². The van der Waals surface area contributed by atoms with E-state index in [-0.39, 0.29) is 12.3 Å². The Morgan fingerprint density at radius 2 is 1.97 bits per heavy atom. The lowest BCUT2D eigenvalue weighted by Gasteiger charge is -2.13. The van der Waals surface area contributed by atoms with E-state index in [4.69, 9.17) is 11.2 Å². The molecule has 3 rings (SSSR count). The van der Waals surface area contributed by atoms with Crippen LogP contribution in [-0.2, 0) is 18.4 Å². The number of benzene rings is 2. The maximum atomic E-state index is 12.3. The smallest absolute Gasteiger partial charge is 0.368 e. The van der Waals surface area contributed by atoms with Crippen LogP contribution in [0.25, 0.3) is 5.69 Å². The summed E-state index contributed by atoms with van der Waals surface area (Å²) in [7, 11) is 1.55. The molecule has 8 heteroatoms. The third kappa shape index (κ3) is 4.95. The molecule has 0 saturated carbocycles. The van der Waals surface area contributed by atoms with E-state index in [1.165, 1.54) is 9.36 Å². The Morgan fingerprint density at radius 3 is 2.65 bits per heavy atom. The second kappa shape index (κ2) is 9.67. The Balaban J connectivity index is 1.83. The monoisotopic (exact) mass is 416 g/mol. The summed E-state index contributed by atoms with van der Waals surface area (Å²) < 4.78 is 8.38. The van der Waals surface area contributed by atoms with Gasteiger partial charge < -0.3 is 4.74 Å². The minimum absolute atomic E-state index is 0.221. The Kier molecular flexibility index (Phi) is 6.78. The fraction of sp³-hybridized carbons (Fsp3) is 0.261. The summed E-state index contributed by atoms with van der Waals surface area (Å²) in [5.41, 5.74) is 4.51. The summed E-state index contributed by atoms with van der Waals surface area (Å²) in [5.74, 6) is 3.10. The zero-order chi connectivity index (χ0) is 22.4. The molecule has 0 atom stereocenters. The highest BCUT2D eigenvalue weighted by molar-refractivity contribution is 5.99. The molecule has 0 aliphatic rings. The van der Waals surface area contributed by atoms with Gasteiger partial charge in [-0.2, -0.15) is 14.5 Å². The van der Waals surface area contributed by atoms with Crippen LogP contribution in [-0.4, -0.2) is 31.4 Å². The summed E-state index contributed by atoms with van der Waals surface area (Å²) >= 11 is 0. The van der Waals surface area contributed by atoms with Crippen molar-refractivity contribution in [2.75, 3.05) is 0 Å². The maximum Gasteiger partial charge on any atom is 0.368 e. The number of nitrogens with zero attached hydrogens (tertiary/aromatic N) is 6. The average Bonchev–Trinajstić information content (AvgIpc) is 3.12. The van der Waals surface area contributed by atoms with Gasteiger partial charge in [0.1, 0.15) is 6.61 Å². The van der Waals surface area contributed by atoms with Crippen LogP contribution in [0.2, 0.25) is 0 Å². The van der Waals surface area contributed by atoms with Crippen molar-refractivity contribution in [3.63, 3.8) is 0 Å². The number of ether oxygens (including phenoxy) is 1. The second-order valence-corrected chi connectivity index (χ2v) is 6.92. The molecule has 0 fully saturated rings. The Hall–Kier alpha value is -3.99. The third-order valence-corrected chi connectivity index (χ3v) is 4.78. The standard InChI is InChI=1S/C23H24N6O2/c1-6-18-11-9-12-19(14-18)17(4)24-25-22(7-2)31-15-20-16(3)10-8-13-21(20)29-23(30)28(5)26-27-29/h1,8-14H,7,15H2,2-5H3/b24-17+,25-22+. The molecule has 3 aromatic rings. The molecule has 0 N–H and O–H groups in total. The number of hydrogen-bond donors (Lipinski definition) is 0. The molecule has 0 saturated heterocycles. The molecule has 0 radical (unpaired) electrons. The van der Waals surface area contributed by atoms with Gasteiger partial charge in [0.25, 0.3) is 0 Å². The van der Waals surface area contributed by atoms with Crippen molar-refractivity contribution in [1.82, 2.24) is 19.8 Å². The van der Waals surface area contributed by atoms with Gasteiger partial charge in [-0.1, -0.05) is 37.1 Å². The number of aryl methyl sites for hydroxylation is 2. The summed E-state index contributed by atoms with van der Waals surface area (Å²) in [6.45, 7) is 5.98. The van der Waals surface area contributed by atoms with Crippen LogP contribution in [0.5, 0.6) is 0 Å². The van der Waals surface area contributed by atoms with Gasteiger partial charge in [0, 0.05) is 24.6 Å². The second-order valence-electron chi connectivity index (χ2n) is 6.92. The fourth-order valence-corrected chi connectivity index (χ4v) is 2.92. The van der Waals surface area contributed by atoms with Gasteiger partial charge in [-0.15, -0.1) is 11.5 Å². The lowest BCUT2D eigenvalue weighted by atomic mass is 10.1. The fourth-order valence-electron chi connectivity index (χ4n) is 2.92. The zero-order valence-electron chi connectivity index (χ0n) is 18.0. The van der Waals surface area contributed by atoms with Crippen LogP contribution >= 0.6 is 0 Å². The van der Waals surface area contributed by atoms with Crippen LogP contribution in [0.15, 0.2) is 57.5 Å². The van der Waals surface area contributed by atoms with Crippen molar-refractivity contribution in [1.29, 1.82) is 0 Å². The summed E-state index contributed by atoms with van der Waals surface area (Å²) in [6.07, 6.45) is 6.03. The van der Waals surface area contributed by atoms with Crippen molar-refractivity contribution < 1.29 is 4.74 Å². The van der Waals surface area contributed by atoms with Gasteiger partial charge in [0.2, 0.25) is 5.90 Å². The molecule has 0 spiro atoms. The Labute approximate surface area is 180 Å². The van der Waals surface area contributed by atoms with Gasteiger partial charge in [0.15, 0.2) is 0 Å². The molecule has 0 amide bonds. The predicted octanol–water partition coefficient (Wildman–Crippen LogP) is 3.01. The molecule has 158 valence electrons. The van der Waals surface area contributed by atoms with Crippen molar-refractivity contribution >= 4 is 11.6 Å². The van der Waals surface area contributed by atoms with E-state index in [0.29, 0.717) is 18.0 Å². The van der Waals surface area contributed by atoms with Crippen molar-refractivity contribution in [2.24, 2.45) is 17.3 Å². The van der Waals surface area contributed by atoms with E-state index in [1.54, 1.807) is 7.05 Å². The molecule has 8 nitrogen and oxygen atoms in total. The molecular weight excluding hydrogens is 392 g/mol. The van der Waals surface area contributed by atoms with Gasteiger partial charge in [0.05, 0.1) is 11.4 Å². The Bertz CT molecular complexity index is 1240. The van der Waals surface area contributed by atoms with Crippen molar-refractivity contribution in [2.45, 2.75) is 33.8 Å². The van der Waals surface area contributed by atoms with E-state index in [0.717, 1.165) is 28.0 Å². The lowest BCUT2D eigenvalue weighted by molar-refractivity contribution is 0.282. The lowest BCUT2D eigenvalue weighted by Crippen LogP contribution is -2.23. The highest BCUT2D eigenvalue weighted by Crippen LogP contribution is 2.18. The molecule has 0 aliphatic carbocycles. The first kappa shape index (κ1) is 21.7. The molecular formula is C23H24N6O2.